The van der Waals surface area contributed by atoms with Crippen LogP contribution in [0.3, 0.4) is 0 Å². The van der Waals surface area contributed by atoms with E-state index in [-0.39, 0.29) is 26.2 Å². The van der Waals surface area contributed by atoms with E-state index in [2.05, 4.69) is 0 Å². The fourth-order valence-corrected chi connectivity index (χ4v) is 2.27. The molecular weight excluding hydrogens is 319 g/mol. The summed E-state index contributed by atoms with van der Waals surface area (Å²) in [4.78, 5) is 0. The Balaban J connectivity index is 2.74. The third-order valence-electron chi connectivity index (χ3n) is 2.53. The smallest absolute Gasteiger partial charge is 0.166 e. The molecule has 2 rings (SSSR count). The lowest BCUT2D eigenvalue weighted by molar-refractivity contribution is -0.137. The van der Waals surface area contributed by atoms with E-state index in [1.54, 1.807) is 0 Å². The van der Waals surface area contributed by atoms with Crippen LogP contribution in [0.15, 0.2) is 36.4 Å². The first-order valence-corrected chi connectivity index (χ1v) is 6.25. The fourth-order valence-electron chi connectivity index (χ4n) is 1.70. The van der Waals surface area contributed by atoms with Crippen LogP contribution in [0.5, 0.6) is 0 Å². The van der Waals surface area contributed by atoms with Crippen molar-refractivity contribution in [2.45, 2.75) is 6.18 Å². The SMILES string of the molecule is FC(F)(F)c1ccc(Cl)cc1-c1cccc(Cl)c1Cl. The molecule has 0 aliphatic heterocycles. The van der Waals surface area contributed by atoms with Crippen molar-refractivity contribution in [2.24, 2.45) is 0 Å². The molecule has 0 spiro atoms. The molecule has 100 valence electrons. The highest BCUT2D eigenvalue weighted by Crippen LogP contribution is 2.42. The van der Waals surface area contributed by atoms with E-state index in [0.29, 0.717) is 0 Å². The van der Waals surface area contributed by atoms with E-state index in [1.165, 1.54) is 30.3 Å². The first-order valence-electron chi connectivity index (χ1n) is 5.12. The van der Waals surface area contributed by atoms with Gasteiger partial charge in [-0.1, -0.05) is 46.9 Å². The minimum atomic E-state index is -4.49. The lowest BCUT2D eigenvalue weighted by Crippen LogP contribution is -2.07. The summed E-state index contributed by atoms with van der Waals surface area (Å²) in [7, 11) is 0. The minimum Gasteiger partial charge on any atom is -0.166 e. The maximum Gasteiger partial charge on any atom is 0.417 e. The highest BCUT2D eigenvalue weighted by molar-refractivity contribution is 6.43. The molecule has 2 aromatic rings. The average molecular weight is 326 g/mol. The number of rotatable bonds is 1. The van der Waals surface area contributed by atoms with Gasteiger partial charge in [-0.15, -0.1) is 0 Å². The summed E-state index contributed by atoms with van der Waals surface area (Å²) in [6, 6.07) is 7.84. The van der Waals surface area contributed by atoms with E-state index in [1.807, 2.05) is 0 Å². The summed E-state index contributed by atoms with van der Waals surface area (Å²) in [5, 5.41) is 0.447. The van der Waals surface area contributed by atoms with E-state index < -0.39 is 11.7 Å². The molecule has 0 unspecified atom stereocenters. The van der Waals surface area contributed by atoms with Crippen LogP contribution in [-0.4, -0.2) is 0 Å². The van der Waals surface area contributed by atoms with Gasteiger partial charge in [-0.25, -0.2) is 0 Å². The molecule has 0 saturated heterocycles. The van der Waals surface area contributed by atoms with Crippen molar-refractivity contribution in [3.63, 3.8) is 0 Å². The lowest BCUT2D eigenvalue weighted by atomic mass is 9.99. The maximum atomic E-state index is 13.0. The number of benzene rings is 2. The molecule has 0 aliphatic rings. The van der Waals surface area contributed by atoms with Crippen molar-refractivity contribution < 1.29 is 13.2 Å². The van der Waals surface area contributed by atoms with Crippen LogP contribution in [0.1, 0.15) is 5.56 Å². The predicted octanol–water partition coefficient (Wildman–Crippen LogP) is 6.33. The van der Waals surface area contributed by atoms with Gasteiger partial charge in [-0.05, 0) is 29.8 Å². The van der Waals surface area contributed by atoms with E-state index >= 15 is 0 Å². The monoisotopic (exact) mass is 324 g/mol. The zero-order valence-electron chi connectivity index (χ0n) is 9.23. The topological polar surface area (TPSA) is 0 Å². The zero-order chi connectivity index (χ0) is 14.2. The molecule has 6 heteroatoms. The Kier molecular flexibility index (Phi) is 4.00. The molecule has 0 aliphatic carbocycles. The van der Waals surface area contributed by atoms with Crippen molar-refractivity contribution >= 4 is 34.8 Å². The van der Waals surface area contributed by atoms with Crippen molar-refractivity contribution in [2.75, 3.05) is 0 Å². The largest absolute Gasteiger partial charge is 0.417 e. The van der Waals surface area contributed by atoms with Crippen LogP contribution >= 0.6 is 34.8 Å². The van der Waals surface area contributed by atoms with Gasteiger partial charge in [0.05, 0.1) is 15.6 Å². The Hall–Kier alpha value is -0.900. The van der Waals surface area contributed by atoms with Gasteiger partial charge in [0.1, 0.15) is 0 Å². The highest BCUT2D eigenvalue weighted by atomic mass is 35.5. The van der Waals surface area contributed by atoms with Gasteiger partial charge in [0, 0.05) is 10.6 Å². The van der Waals surface area contributed by atoms with Crippen molar-refractivity contribution in [3.05, 3.63) is 57.0 Å². The lowest BCUT2D eigenvalue weighted by Gasteiger charge is -2.14. The number of hydrogen-bond donors (Lipinski definition) is 0. The highest BCUT2D eigenvalue weighted by Gasteiger charge is 2.34. The van der Waals surface area contributed by atoms with Gasteiger partial charge in [-0.3, -0.25) is 0 Å². The van der Waals surface area contributed by atoms with E-state index in [9.17, 15) is 13.2 Å². The average Bonchev–Trinajstić information content (AvgIpc) is 2.31. The molecule has 0 fully saturated rings. The molecule has 0 amide bonds. The molecule has 0 saturated carbocycles. The second-order valence-corrected chi connectivity index (χ2v) is 5.01. The molecule has 0 aromatic heterocycles. The Labute approximate surface area is 122 Å². The number of alkyl halides is 3. The molecule has 0 atom stereocenters. The quantitative estimate of drug-likeness (QED) is 0.574. The Morgan fingerprint density at radius 3 is 2.16 bits per heavy atom. The van der Waals surface area contributed by atoms with Crippen LogP contribution in [-0.2, 0) is 6.18 Å². The van der Waals surface area contributed by atoms with Gasteiger partial charge in [0.15, 0.2) is 0 Å². The van der Waals surface area contributed by atoms with Crippen LogP contribution in [0.25, 0.3) is 11.1 Å². The molecule has 2 aromatic carbocycles. The normalized spacial score (nSPS) is 11.7. The predicted molar refractivity (Wildman–Crippen MR) is 71.9 cm³/mol. The minimum absolute atomic E-state index is 0.0666. The summed E-state index contributed by atoms with van der Waals surface area (Å²) >= 11 is 17.5. The van der Waals surface area contributed by atoms with Crippen molar-refractivity contribution in [3.8, 4) is 11.1 Å². The summed E-state index contributed by atoms with van der Waals surface area (Å²) < 4.78 is 38.9. The summed E-state index contributed by atoms with van der Waals surface area (Å²) in [6.45, 7) is 0. The van der Waals surface area contributed by atoms with Gasteiger partial charge in [0.25, 0.3) is 0 Å². The Bertz CT molecular complexity index is 621. The second-order valence-electron chi connectivity index (χ2n) is 3.79. The molecule has 0 heterocycles. The first kappa shape index (κ1) is 14.5. The summed E-state index contributed by atoms with van der Waals surface area (Å²) in [5.41, 5.74) is -0.697. The standard InChI is InChI=1S/C13H6Cl3F3/c14-7-4-5-10(13(17,18)19)9(6-7)8-2-1-3-11(15)12(8)16/h1-6H. The maximum absolute atomic E-state index is 13.0. The second kappa shape index (κ2) is 5.23. The van der Waals surface area contributed by atoms with Crippen LogP contribution in [0.2, 0.25) is 15.1 Å². The number of halogens is 6. The summed E-state index contributed by atoms with van der Waals surface area (Å²) in [5.74, 6) is 0. The van der Waals surface area contributed by atoms with Crippen molar-refractivity contribution in [1.82, 2.24) is 0 Å². The van der Waals surface area contributed by atoms with E-state index in [4.69, 9.17) is 34.8 Å². The molecule has 19 heavy (non-hydrogen) atoms. The number of hydrogen-bond acceptors (Lipinski definition) is 0. The van der Waals surface area contributed by atoms with Crippen LogP contribution in [0.4, 0.5) is 13.2 Å². The summed E-state index contributed by atoms with van der Waals surface area (Å²) in [6.07, 6.45) is -4.49. The Morgan fingerprint density at radius 1 is 0.842 bits per heavy atom. The van der Waals surface area contributed by atoms with E-state index in [0.717, 1.165) is 6.07 Å². The van der Waals surface area contributed by atoms with Crippen LogP contribution < -0.4 is 0 Å². The third-order valence-corrected chi connectivity index (χ3v) is 3.58. The van der Waals surface area contributed by atoms with Gasteiger partial charge < -0.3 is 0 Å². The molecule has 0 N–H and O–H groups in total. The molecular formula is C13H6Cl3F3. The fraction of sp³-hybridized carbons (Fsp3) is 0.0769. The van der Waals surface area contributed by atoms with Crippen LogP contribution in [0, 0.1) is 0 Å². The first-order chi connectivity index (χ1) is 8.80. The Morgan fingerprint density at radius 2 is 1.53 bits per heavy atom. The van der Waals surface area contributed by atoms with Gasteiger partial charge in [-0.2, -0.15) is 13.2 Å². The van der Waals surface area contributed by atoms with Gasteiger partial charge in [0.2, 0.25) is 0 Å². The van der Waals surface area contributed by atoms with Crippen molar-refractivity contribution in [1.29, 1.82) is 0 Å². The van der Waals surface area contributed by atoms with Gasteiger partial charge >= 0.3 is 6.18 Å². The molecule has 0 nitrogen and oxygen atoms in total. The third kappa shape index (κ3) is 2.99. The zero-order valence-corrected chi connectivity index (χ0v) is 11.5. The molecule has 0 bridgehead atoms. The molecule has 0 radical (unpaired) electrons.